The normalized spacial score (nSPS) is 11.1. The van der Waals surface area contributed by atoms with Gasteiger partial charge in [-0.2, -0.15) is 0 Å². The molecule has 2 aromatic carbocycles. The first-order chi connectivity index (χ1) is 11.8. The molecule has 118 valence electrons. The quantitative estimate of drug-likeness (QED) is 0.362. The number of hydrogen-bond acceptors (Lipinski definition) is 3. The van der Waals surface area contributed by atoms with E-state index < -0.39 is 0 Å². The van der Waals surface area contributed by atoms with E-state index in [0.717, 1.165) is 32.9 Å². The fourth-order valence-corrected chi connectivity index (χ4v) is 3.59. The number of thioether (sulfide) groups is 1. The molecule has 0 saturated carbocycles. The highest BCUT2D eigenvalue weighted by molar-refractivity contribution is 7.98. The molecule has 0 aliphatic carbocycles. The van der Waals surface area contributed by atoms with Gasteiger partial charge in [0.05, 0.1) is 5.39 Å². The second-order valence-corrected chi connectivity index (χ2v) is 6.57. The standard InChI is InChI=1S/C19H14ClN3S/c1-24-19-17-16(13-6-3-2-4-7-13)11-23(18(17)21-12-22-19)15-9-5-8-14(20)10-15/h2-12H,1H3. The van der Waals surface area contributed by atoms with E-state index in [0.29, 0.717) is 5.02 Å². The Morgan fingerprint density at radius 2 is 1.83 bits per heavy atom. The van der Waals surface area contributed by atoms with Crippen molar-refractivity contribution in [3.8, 4) is 16.8 Å². The molecule has 0 bridgehead atoms. The first kappa shape index (κ1) is 15.2. The van der Waals surface area contributed by atoms with Crippen molar-refractivity contribution < 1.29 is 0 Å². The minimum Gasteiger partial charge on any atom is -0.301 e. The molecule has 0 unspecified atom stereocenters. The van der Waals surface area contributed by atoms with E-state index in [1.807, 2.05) is 48.7 Å². The third kappa shape index (κ3) is 2.58. The minimum absolute atomic E-state index is 0.703. The van der Waals surface area contributed by atoms with Gasteiger partial charge in [-0.25, -0.2) is 9.97 Å². The molecule has 3 nitrogen and oxygen atoms in total. The lowest BCUT2D eigenvalue weighted by atomic mass is 10.1. The molecule has 2 aromatic heterocycles. The lowest BCUT2D eigenvalue weighted by Gasteiger charge is -2.05. The summed E-state index contributed by atoms with van der Waals surface area (Å²) in [4.78, 5) is 8.99. The van der Waals surface area contributed by atoms with Crippen LogP contribution < -0.4 is 0 Å². The van der Waals surface area contributed by atoms with Crippen LogP contribution in [0.25, 0.3) is 27.8 Å². The first-order valence-corrected chi connectivity index (χ1v) is 9.09. The number of rotatable bonds is 3. The summed E-state index contributed by atoms with van der Waals surface area (Å²) in [6, 6.07) is 18.1. The van der Waals surface area contributed by atoms with E-state index in [-0.39, 0.29) is 0 Å². The minimum atomic E-state index is 0.703. The maximum Gasteiger partial charge on any atom is 0.149 e. The topological polar surface area (TPSA) is 30.7 Å². The summed E-state index contributed by atoms with van der Waals surface area (Å²) in [5.74, 6) is 0. The van der Waals surface area contributed by atoms with Gasteiger partial charge in [-0.05, 0) is 30.0 Å². The van der Waals surface area contributed by atoms with Gasteiger partial charge in [-0.1, -0.05) is 48.0 Å². The van der Waals surface area contributed by atoms with Gasteiger partial charge in [0.15, 0.2) is 0 Å². The molecule has 4 rings (SSSR count). The van der Waals surface area contributed by atoms with Gasteiger partial charge in [-0.3, -0.25) is 0 Å². The van der Waals surface area contributed by atoms with E-state index in [2.05, 4.69) is 32.9 Å². The molecule has 0 radical (unpaired) electrons. The molecule has 2 heterocycles. The first-order valence-electron chi connectivity index (χ1n) is 7.49. The molecule has 0 N–H and O–H groups in total. The predicted molar refractivity (Wildman–Crippen MR) is 101 cm³/mol. The van der Waals surface area contributed by atoms with Crippen molar-refractivity contribution in [1.29, 1.82) is 0 Å². The maximum absolute atomic E-state index is 6.18. The summed E-state index contributed by atoms with van der Waals surface area (Å²) in [5, 5.41) is 2.74. The van der Waals surface area contributed by atoms with Gasteiger partial charge in [0.1, 0.15) is 17.0 Å². The molecular formula is C19H14ClN3S. The van der Waals surface area contributed by atoms with Crippen molar-refractivity contribution in [2.45, 2.75) is 5.03 Å². The Kier molecular flexibility index (Phi) is 4.00. The molecule has 0 fully saturated rings. The van der Waals surface area contributed by atoms with Gasteiger partial charge in [0.25, 0.3) is 0 Å². The van der Waals surface area contributed by atoms with E-state index in [1.165, 1.54) is 0 Å². The summed E-state index contributed by atoms with van der Waals surface area (Å²) in [6.45, 7) is 0. The number of hydrogen-bond donors (Lipinski definition) is 0. The highest BCUT2D eigenvalue weighted by atomic mass is 35.5. The Hall–Kier alpha value is -2.30. The molecular weight excluding hydrogens is 338 g/mol. The Balaban J connectivity index is 2.06. The molecule has 0 amide bonds. The van der Waals surface area contributed by atoms with E-state index in [4.69, 9.17) is 11.6 Å². The number of fused-ring (bicyclic) bond motifs is 1. The second-order valence-electron chi connectivity index (χ2n) is 5.34. The smallest absolute Gasteiger partial charge is 0.149 e. The van der Waals surface area contributed by atoms with Crippen LogP contribution in [0.15, 0.2) is 72.1 Å². The van der Waals surface area contributed by atoms with Crippen LogP contribution in [0.5, 0.6) is 0 Å². The Labute approximate surface area is 149 Å². The van der Waals surface area contributed by atoms with Crippen LogP contribution in [-0.2, 0) is 0 Å². The van der Waals surface area contributed by atoms with Crippen LogP contribution in [0.4, 0.5) is 0 Å². The van der Waals surface area contributed by atoms with Crippen molar-refractivity contribution in [1.82, 2.24) is 14.5 Å². The van der Waals surface area contributed by atoms with Crippen molar-refractivity contribution in [3.05, 3.63) is 72.1 Å². The molecule has 24 heavy (non-hydrogen) atoms. The highest BCUT2D eigenvalue weighted by Gasteiger charge is 2.16. The zero-order chi connectivity index (χ0) is 16.5. The third-order valence-corrected chi connectivity index (χ3v) is 4.84. The zero-order valence-corrected chi connectivity index (χ0v) is 14.6. The summed E-state index contributed by atoms with van der Waals surface area (Å²) in [7, 11) is 0. The Morgan fingerprint density at radius 1 is 1.00 bits per heavy atom. The van der Waals surface area contributed by atoms with Gasteiger partial charge in [0, 0.05) is 22.5 Å². The largest absolute Gasteiger partial charge is 0.301 e. The van der Waals surface area contributed by atoms with Crippen LogP contribution in [-0.4, -0.2) is 20.8 Å². The molecule has 4 aromatic rings. The van der Waals surface area contributed by atoms with Gasteiger partial charge < -0.3 is 4.57 Å². The summed E-state index contributed by atoms with van der Waals surface area (Å²) in [5.41, 5.74) is 4.14. The lowest BCUT2D eigenvalue weighted by Crippen LogP contribution is -1.94. The molecule has 0 aliphatic rings. The zero-order valence-electron chi connectivity index (χ0n) is 13.0. The van der Waals surface area contributed by atoms with Gasteiger partial charge in [-0.15, -0.1) is 11.8 Å². The van der Waals surface area contributed by atoms with Crippen molar-refractivity contribution >= 4 is 34.4 Å². The third-order valence-electron chi connectivity index (χ3n) is 3.91. The van der Waals surface area contributed by atoms with Crippen molar-refractivity contribution in [3.63, 3.8) is 0 Å². The maximum atomic E-state index is 6.18. The van der Waals surface area contributed by atoms with Gasteiger partial charge >= 0.3 is 0 Å². The summed E-state index contributed by atoms with van der Waals surface area (Å²) < 4.78 is 2.07. The van der Waals surface area contributed by atoms with Crippen LogP contribution >= 0.6 is 23.4 Å². The number of nitrogens with zero attached hydrogens (tertiary/aromatic N) is 3. The Bertz CT molecular complexity index is 1010. The van der Waals surface area contributed by atoms with Crippen LogP contribution in [0.3, 0.4) is 0 Å². The predicted octanol–water partition coefficient (Wildman–Crippen LogP) is 5.46. The van der Waals surface area contributed by atoms with E-state index in [9.17, 15) is 0 Å². The number of benzene rings is 2. The highest BCUT2D eigenvalue weighted by Crippen LogP contribution is 2.36. The Morgan fingerprint density at radius 3 is 2.58 bits per heavy atom. The fraction of sp³-hybridized carbons (Fsp3) is 0.0526. The van der Waals surface area contributed by atoms with Crippen LogP contribution in [0.1, 0.15) is 0 Å². The second kappa shape index (κ2) is 6.30. The lowest BCUT2D eigenvalue weighted by molar-refractivity contribution is 1.04. The molecule has 0 atom stereocenters. The van der Waals surface area contributed by atoms with E-state index in [1.54, 1.807) is 18.1 Å². The van der Waals surface area contributed by atoms with E-state index >= 15 is 0 Å². The van der Waals surface area contributed by atoms with Crippen LogP contribution in [0, 0.1) is 0 Å². The van der Waals surface area contributed by atoms with Crippen molar-refractivity contribution in [2.75, 3.05) is 6.26 Å². The average Bonchev–Trinajstić information content (AvgIpc) is 3.02. The van der Waals surface area contributed by atoms with Gasteiger partial charge in [0.2, 0.25) is 0 Å². The average molecular weight is 352 g/mol. The SMILES string of the molecule is CSc1ncnc2c1c(-c1ccccc1)cn2-c1cccc(Cl)c1. The molecule has 0 spiro atoms. The number of aromatic nitrogens is 3. The fourth-order valence-electron chi connectivity index (χ4n) is 2.85. The molecule has 5 heteroatoms. The molecule has 0 saturated heterocycles. The summed E-state index contributed by atoms with van der Waals surface area (Å²) in [6.07, 6.45) is 5.76. The van der Waals surface area contributed by atoms with Crippen LogP contribution in [0.2, 0.25) is 5.02 Å². The molecule has 0 aliphatic heterocycles. The number of halogens is 1. The summed E-state index contributed by atoms with van der Waals surface area (Å²) >= 11 is 7.81. The van der Waals surface area contributed by atoms with Crippen molar-refractivity contribution in [2.24, 2.45) is 0 Å². The monoisotopic (exact) mass is 351 g/mol.